The fraction of sp³-hybridized carbons (Fsp3) is 0.333. The summed E-state index contributed by atoms with van der Waals surface area (Å²) in [5.74, 6) is -0.358. The van der Waals surface area contributed by atoms with Crippen molar-refractivity contribution in [3.63, 3.8) is 0 Å². The predicted octanol–water partition coefficient (Wildman–Crippen LogP) is 1.40. The maximum atomic E-state index is 12.4. The van der Waals surface area contributed by atoms with Gasteiger partial charge in [0.25, 0.3) is 0 Å². The molecule has 1 aromatic rings. The third-order valence-electron chi connectivity index (χ3n) is 3.84. The number of benzene rings is 1. The fourth-order valence-electron chi connectivity index (χ4n) is 2.60. The molecule has 0 atom stereocenters. The topological polar surface area (TPSA) is 93.5 Å². The molecule has 1 fully saturated rings. The van der Waals surface area contributed by atoms with Gasteiger partial charge >= 0.3 is 6.03 Å². The van der Waals surface area contributed by atoms with Crippen molar-refractivity contribution in [1.82, 2.24) is 15.1 Å². The van der Waals surface area contributed by atoms with E-state index in [-0.39, 0.29) is 31.3 Å². The van der Waals surface area contributed by atoms with Crippen LogP contribution in [0.4, 0.5) is 4.79 Å². The predicted molar refractivity (Wildman–Crippen MR) is 91.1 cm³/mol. The molecule has 1 aromatic carbocycles. The molecule has 2 rings (SSSR count). The summed E-state index contributed by atoms with van der Waals surface area (Å²) in [7, 11) is 0. The maximum absolute atomic E-state index is 12.4. The summed E-state index contributed by atoms with van der Waals surface area (Å²) in [6.07, 6.45) is 2.27. The number of rotatable bonds is 8. The first-order valence-corrected chi connectivity index (χ1v) is 8.01. The number of carbonyl (C=O) groups excluding carboxylic acids is 3. The van der Waals surface area contributed by atoms with E-state index >= 15 is 0 Å². The minimum absolute atomic E-state index is 0.0185. The highest BCUT2D eigenvalue weighted by molar-refractivity contribution is 6.01. The Morgan fingerprint density at radius 1 is 1.44 bits per heavy atom. The van der Waals surface area contributed by atoms with Crippen LogP contribution in [-0.2, 0) is 16.1 Å². The Balaban J connectivity index is 1.91. The van der Waals surface area contributed by atoms with Crippen LogP contribution in [0.3, 0.4) is 0 Å². The molecule has 0 spiro atoms. The zero-order valence-electron chi connectivity index (χ0n) is 13.9. The highest BCUT2D eigenvalue weighted by Crippen LogP contribution is 2.11. The number of hydrogen-bond acceptors (Lipinski definition) is 4. The van der Waals surface area contributed by atoms with Crippen LogP contribution in [0.1, 0.15) is 24.0 Å². The first-order chi connectivity index (χ1) is 12.0. The number of hydrogen-bond donors (Lipinski definition) is 1. The number of nitrogens with one attached hydrogen (secondary N) is 1. The molecule has 1 aliphatic rings. The monoisotopic (exact) mass is 340 g/mol. The van der Waals surface area contributed by atoms with Gasteiger partial charge in [0.05, 0.1) is 18.2 Å². The van der Waals surface area contributed by atoms with Crippen LogP contribution in [0.5, 0.6) is 0 Å². The second-order valence-corrected chi connectivity index (χ2v) is 5.68. The van der Waals surface area contributed by atoms with E-state index in [1.54, 1.807) is 29.2 Å². The second-order valence-electron chi connectivity index (χ2n) is 5.68. The Morgan fingerprint density at radius 3 is 2.88 bits per heavy atom. The average Bonchev–Trinajstić information content (AvgIpc) is 2.93. The van der Waals surface area contributed by atoms with Gasteiger partial charge in [-0.2, -0.15) is 5.26 Å². The van der Waals surface area contributed by atoms with Gasteiger partial charge in [0.1, 0.15) is 0 Å². The molecule has 7 heteroatoms. The Kier molecular flexibility index (Phi) is 6.29. The van der Waals surface area contributed by atoms with Gasteiger partial charge in [-0.25, -0.2) is 4.79 Å². The van der Waals surface area contributed by atoms with Gasteiger partial charge in [0.15, 0.2) is 0 Å². The molecule has 0 bridgehead atoms. The fourth-order valence-corrected chi connectivity index (χ4v) is 2.60. The number of carbonyl (C=O) groups is 3. The summed E-state index contributed by atoms with van der Waals surface area (Å²) in [6.45, 7) is 4.68. The van der Waals surface area contributed by atoms with Crippen LogP contribution in [0.15, 0.2) is 36.9 Å². The van der Waals surface area contributed by atoms with Gasteiger partial charge in [0.2, 0.25) is 11.8 Å². The molecule has 0 radical (unpaired) electrons. The molecular formula is C18H20N4O3. The van der Waals surface area contributed by atoms with Crippen LogP contribution in [-0.4, -0.2) is 47.3 Å². The molecule has 1 N–H and O–H groups in total. The first kappa shape index (κ1) is 18.2. The molecule has 4 amide bonds. The molecule has 0 aliphatic carbocycles. The third kappa shape index (κ3) is 4.91. The van der Waals surface area contributed by atoms with E-state index in [1.165, 1.54) is 0 Å². The van der Waals surface area contributed by atoms with Gasteiger partial charge in [-0.1, -0.05) is 18.2 Å². The summed E-state index contributed by atoms with van der Waals surface area (Å²) in [5, 5.41) is 11.4. The van der Waals surface area contributed by atoms with Crippen molar-refractivity contribution in [1.29, 1.82) is 5.26 Å². The van der Waals surface area contributed by atoms with Crippen molar-refractivity contribution < 1.29 is 14.4 Å². The van der Waals surface area contributed by atoms with Crippen LogP contribution in [0.2, 0.25) is 0 Å². The molecule has 1 saturated heterocycles. The van der Waals surface area contributed by atoms with E-state index in [2.05, 4.69) is 18.0 Å². The SMILES string of the molecule is C=CCN(Cc1cccc(C#N)c1)C(=O)CCCN1C(=O)CNC1=O. The van der Waals surface area contributed by atoms with E-state index in [9.17, 15) is 14.4 Å². The number of amides is 4. The number of nitriles is 1. The van der Waals surface area contributed by atoms with Crippen LogP contribution in [0.25, 0.3) is 0 Å². The van der Waals surface area contributed by atoms with E-state index < -0.39 is 6.03 Å². The standard InChI is InChI=1S/C18H20N4O3/c1-2-8-21(13-15-6-3-5-14(10-15)11-19)16(23)7-4-9-22-17(24)12-20-18(22)25/h2-3,5-6,10H,1,4,7-9,12-13H2,(H,20,25). The third-order valence-corrected chi connectivity index (χ3v) is 3.84. The highest BCUT2D eigenvalue weighted by Gasteiger charge is 2.28. The number of urea groups is 1. The molecule has 1 heterocycles. The Bertz CT molecular complexity index is 707. The molecule has 25 heavy (non-hydrogen) atoms. The zero-order chi connectivity index (χ0) is 18.2. The summed E-state index contributed by atoms with van der Waals surface area (Å²) in [4.78, 5) is 38.2. The van der Waals surface area contributed by atoms with Gasteiger partial charge in [-0.05, 0) is 24.1 Å². The summed E-state index contributed by atoms with van der Waals surface area (Å²) in [6, 6.07) is 8.76. The van der Waals surface area contributed by atoms with Gasteiger partial charge in [0, 0.05) is 26.1 Å². The Labute approximate surface area is 146 Å². The van der Waals surface area contributed by atoms with E-state index in [0.717, 1.165) is 10.5 Å². The molecule has 0 unspecified atom stereocenters. The van der Waals surface area contributed by atoms with Gasteiger partial charge < -0.3 is 10.2 Å². The molecule has 7 nitrogen and oxygen atoms in total. The summed E-state index contributed by atoms with van der Waals surface area (Å²) in [5.41, 5.74) is 1.41. The lowest BCUT2D eigenvalue weighted by molar-refractivity contribution is -0.132. The first-order valence-electron chi connectivity index (χ1n) is 8.01. The van der Waals surface area contributed by atoms with Crippen molar-refractivity contribution in [3.05, 3.63) is 48.0 Å². The van der Waals surface area contributed by atoms with Crippen molar-refractivity contribution >= 4 is 17.8 Å². The number of imide groups is 1. The second kappa shape index (κ2) is 8.64. The largest absolute Gasteiger partial charge is 0.335 e. The summed E-state index contributed by atoms with van der Waals surface area (Å²) >= 11 is 0. The van der Waals surface area contributed by atoms with Crippen molar-refractivity contribution in [2.45, 2.75) is 19.4 Å². The van der Waals surface area contributed by atoms with E-state index in [0.29, 0.717) is 25.1 Å². The van der Waals surface area contributed by atoms with Crippen molar-refractivity contribution in [2.75, 3.05) is 19.6 Å². The molecular weight excluding hydrogens is 320 g/mol. The number of nitrogens with zero attached hydrogens (tertiary/aromatic N) is 3. The lowest BCUT2D eigenvalue weighted by Gasteiger charge is -2.22. The quantitative estimate of drug-likeness (QED) is 0.572. The van der Waals surface area contributed by atoms with Crippen molar-refractivity contribution in [3.8, 4) is 6.07 Å². The van der Waals surface area contributed by atoms with E-state index in [4.69, 9.17) is 5.26 Å². The minimum Gasteiger partial charge on any atom is -0.335 e. The Hall–Kier alpha value is -3.14. The maximum Gasteiger partial charge on any atom is 0.324 e. The lowest BCUT2D eigenvalue weighted by Crippen LogP contribution is -2.34. The smallest absolute Gasteiger partial charge is 0.324 e. The van der Waals surface area contributed by atoms with Crippen LogP contribution < -0.4 is 5.32 Å². The van der Waals surface area contributed by atoms with Crippen LogP contribution >= 0.6 is 0 Å². The zero-order valence-corrected chi connectivity index (χ0v) is 13.9. The highest BCUT2D eigenvalue weighted by atomic mass is 16.2. The minimum atomic E-state index is -0.409. The van der Waals surface area contributed by atoms with Gasteiger partial charge in [-0.15, -0.1) is 6.58 Å². The molecule has 130 valence electrons. The van der Waals surface area contributed by atoms with Crippen LogP contribution in [0, 0.1) is 11.3 Å². The van der Waals surface area contributed by atoms with E-state index in [1.807, 2.05) is 6.07 Å². The molecule has 0 aromatic heterocycles. The average molecular weight is 340 g/mol. The summed E-state index contributed by atoms with van der Waals surface area (Å²) < 4.78 is 0. The van der Waals surface area contributed by atoms with Gasteiger partial charge in [-0.3, -0.25) is 14.5 Å². The normalized spacial score (nSPS) is 13.3. The Morgan fingerprint density at radius 2 is 2.24 bits per heavy atom. The molecule has 1 aliphatic heterocycles. The molecule has 0 saturated carbocycles. The van der Waals surface area contributed by atoms with Crippen molar-refractivity contribution in [2.24, 2.45) is 0 Å². The lowest BCUT2D eigenvalue weighted by atomic mass is 10.1.